The predicted octanol–water partition coefficient (Wildman–Crippen LogP) is 2.73. The molecule has 2 rings (SSSR count). The van der Waals surface area contributed by atoms with Crippen LogP contribution in [0.15, 0.2) is 24.3 Å². The smallest absolute Gasteiger partial charge is 0.227 e. The van der Waals surface area contributed by atoms with Crippen molar-refractivity contribution < 1.29 is 14.3 Å². The maximum atomic E-state index is 12.7. The molecule has 1 heterocycles. The third kappa shape index (κ3) is 4.97. The van der Waals surface area contributed by atoms with Gasteiger partial charge in [-0.25, -0.2) is 0 Å². The number of para-hydroxylation sites is 1. The molecule has 1 aliphatic heterocycles. The summed E-state index contributed by atoms with van der Waals surface area (Å²) in [6.07, 6.45) is 2.93. The number of carbonyl (C=O) groups is 2. The largest absolute Gasteiger partial charge is 0.496 e. The molecule has 5 heteroatoms. The van der Waals surface area contributed by atoms with Gasteiger partial charge in [0.05, 0.1) is 13.5 Å². The van der Waals surface area contributed by atoms with Crippen LogP contribution in [0.5, 0.6) is 5.75 Å². The van der Waals surface area contributed by atoms with Gasteiger partial charge >= 0.3 is 0 Å². The molecule has 5 nitrogen and oxygen atoms in total. The van der Waals surface area contributed by atoms with Crippen LogP contribution in [0.1, 0.15) is 38.7 Å². The van der Waals surface area contributed by atoms with Gasteiger partial charge in [-0.2, -0.15) is 0 Å². The molecule has 1 aliphatic rings. The first-order chi connectivity index (χ1) is 12.1. The molecular weight excluding hydrogens is 316 g/mol. The highest BCUT2D eigenvalue weighted by atomic mass is 16.5. The zero-order valence-corrected chi connectivity index (χ0v) is 15.7. The molecule has 0 radical (unpaired) electrons. The van der Waals surface area contributed by atoms with E-state index < -0.39 is 0 Å². The third-order valence-corrected chi connectivity index (χ3v) is 5.03. The van der Waals surface area contributed by atoms with Gasteiger partial charge in [-0.05, 0) is 25.3 Å². The molecule has 0 spiro atoms. The number of hydrogen-bond acceptors (Lipinski definition) is 3. The van der Waals surface area contributed by atoms with Crippen molar-refractivity contribution in [2.24, 2.45) is 5.92 Å². The van der Waals surface area contributed by atoms with Crippen LogP contribution in [-0.2, 0) is 16.0 Å². The molecular formula is C20H30N2O3. The first-order valence-corrected chi connectivity index (χ1v) is 9.29. The first kappa shape index (κ1) is 19.3. The molecule has 1 fully saturated rings. The van der Waals surface area contributed by atoms with E-state index in [1.54, 1.807) is 7.11 Å². The molecule has 0 aliphatic carbocycles. The van der Waals surface area contributed by atoms with Crippen molar-refractivity contribution in [2.45, 2.75) is 39.5 Å². The molecule has 0 aromatic heterocycles. The van der Waals surface area contributed by atoms with Crippen LogP contribution >= 0.6 is 0 Å². The highest BCUT2D eigenvalue weighted by Crippen LogP contribution is 2.19. The fourth-order valence-electron chi connectivity index (χ4n) is 3.41. The van der Waals surface area contributed by atoms with Crippen molar-refractivity contribution in [1.29, 1.82) is 0 Å². The van der Waals surface area contributed by atoms with Crippen LogP contribution in [0.2, 0.25) is 0 Å². The van der Waals surface area contributed by atoms with Crippen molar-refractivity contribution >= 4 is 11.8 Å². The highest BCUT2D eigenvalue weighted by molar-refractivity contribution is 5.80. The van der Waals surface area contributed by atoms with E-state index in [2.05, 4.69) is 13.8 Å². The topological polar surface area (TPSA) is 49.9 Å². The fourth-order valence-corrected chi connectivity index (χ4v) is 3.41. The molecule has 1 saturated heterocycles. The van der Waals surface area contributed by atoms with E-state index in [1.165, 1.54) is 0 Å². The van der Waals surface area contributed by atoms with Crippen molar-refractivity contribution in [3.05, 3.63) is 29.8 Å². The maximum Gasteiger partial charge on any atom is 0.227 e. The number of ether oxygens (including phenoxy) is 1. The Morgan fingerprint density at radius 2 is 1.68 bits per heavy atom. The van der Waals surface area contributed by atoms with Gasteiger partial charge in [0.1, 0.15) is 5.75 Å². The summed E-state index contributed by atoms with van der Waals surface area (Å²) < 4.78 is 5.33. The Kier molecular flexibility index (Phi) is 7.29. The second kappa shape index (κ2) is 9.44. The lowest BCUT2D eigenvalue weighted by molar-refractivity contribution is -0.136. The van der Waals surface area contributed by atoms with Crippen molar-refractivity contribution in [2.75, 3.05) is 33.3 Å². The van der Waals surface area contributed by atoms with Crippen molar-refractivity contribution in [1.82, 2.24) is 9.80 Å². The second-order valence-corrected chi connectivity index (χ2v) is 6.56. The monoisotopic (exact) mass is 346 g/mol. The Morgan fingerprint density at radius 1 is 1.04 bits per heavy atom. The summed E-state index contributed by atoms with van der Waals surface area (Å²) in [6.45, 7) is 6.82. The minimum absolute atomic E-state index is 0.0985. The number of carbonyl (C=O) groups excluding carboxylic acids is 2. The average Bonchev–Trinajstić information content (AvgIpc) is 2.89. The minimum Gasteiger partial charge on any atom is -0.496 e. The number of amides is 2. The Bertz CT molecular complexity index is 584. The Morgan fingerprint density at radius 3 is 2.36 bits per heavy atom. The van der Waals surface area contributed by atoms with Crippen LogP contribution in [0.4, 0.5) is 0 Å². The standard InChI is InChI=1S/C20H30N2O3/c1-4-16(5-2)20(24)22-12-8-11-21(13-14-22)19(23)15-17-9-6-7-10-18(17)25-3/h6-7,9-10,16H,4-5,8,11-15H2,1-3H3. The SMILES string of the molecule is CCC(CC)C(=O)N1CCCN(C(=O)Cc2ccccc2OC)CC1. The van der Waals surface area contributed by atoms with Gasteiger partial charge in [0.25, 0.3) is 0 Å². The van der Waals surface area contributed by atoms with E-state index in [-0.39, 0.29) is 17.7 Å². The fraction of sp³-hybridized carbons (Fsp3) is 0.600. The summed E-state index contributed by atoms with van der Waals surface area (Å²) in [5.41, 5.74) is 0.907. The molecule has 0 bridgehead atoms. The highest BCUT2D eigenvalue weighted by Gasteiger charge is 2.25. The summed E-state index contributed by atoms with van der Waals surface area (Å²) in [6, 6.07) is 7.63. The van der Waals surface area contributed by atoms with E-state index in [4.69, 9.17) is 4.74 Å². The number of rotatable bonds is 6. The predicted molar refractivity (Wildman–Crippen MR) is 98.5 cm³/mol. The molecule has 138 valence electrons. The lowest BCUT2D eigenvalue weighted by Crippen LogP contribution is -2.40. The molecule has 1 aromatic rings. The zero-order chi connectivity index (χ0) is 18.2. The molecule has 1 aromatic carbocycles. The Labute approximate surface area is 150 Å². The van der Waals surface area contributed by atoms with Crippen molar-refractivity contribution in [3.63, 3.8) is 0 Å². The normalized spacial score (nSPS) is 15.2. The van der Waals surface area contributed by atoms with Gasteiger partial charge in [0.2, 0.25) is 11.8 Å². The molecule has 2 amide bonds. The van der Waals surface area contributed by atoms with Gasteiger partial charge in [-0.1, -0.05) is 32.0 Å². The van der Waals surface area contributed by atoms with Crippen LogP contribution in [0.3, 0.4) is 0 Å². The zero-order valence-electron chi connectivity index (χ0n) is 15.7. The van der Waals surface area contributed by atoms with Crippen LogP contribution < -0.4 is 4.74 Å². The molecule has 25 heavy (non-hydrogen) atoms. The maximum absolute atomic E-state index is 12.7. The van der Waals surface area contributed by atoms with Gasteiger partial charge in [-0.15, -0.1) is 0 Å². The summed E-state index contributed by atoms with van der Waals surface area (Å²) in [5, 5.41) is 0. The summed E-state index contributed by atoms with van der Waals surface area (Å²) in [7, 11) is 1.62. The minimum atomic E-state index is 0.0985. The van der Waals surface area contributed by atoms with Gasteiger partial charge < -0.3 is 14.5 Å². The van der Waals surface area contributed by atoms with Gasteiger partial charge in [-0.3, -0.25) is 9.59 Å². The first-order valence-electron chi connectivity index (χ1n) is 9.29. The molecule has 0 N–H and O–H groups in total. The van der Waals surface area contributed by atoms with Crippen LogP contribution in [0.25, 0.3) is 0 Å². The van der Waals surface area contributed by atoms with Crippen molar-refractivity contribution in [3.8, 4) is 5.75 Å². The Balaban J connectivity index is 1.96. The average molecular weight is 346 g/mol. The van der Waals surface area contributed by atoms with E-state index in [1.807, 2.05) is 34.1 Å². The molecule has 0 atom stereocenters. The van der Waals surface area contributed by atoms with Crippen LogP contribution in [0, 0.1) is 5.92 Å². The van der Waals surface area contributed by atoms with Gasteiger partial charge in [0.15, 0.2) is 0 Å². The number of nitrogens with zero attached hydrogens (tertiary/aromatic N) is 2. The Hall–Kier alpha value is -2.04. The summed E-state index contributed by atoms with van der Waals surface area (Å²) >= 11 is 0. The summed E-state index contributed by atoms with van der Waals surface area (Å²) in [5.74, 6) is 1.19. The quantitative estimate of drug-likeness (QED) is 0.796. The summed E-state index contributed by atoms with van der Waals surface area (Å²) in [4.78, 5) is 29.1. The lowest BCUT2D eigenvalue weighted by atomic mass is 10.0. The third-order valence-electron chi connectivity index (χ3n) is 5.03. The number of hydrogen-bond donors (Lipinski definition) is 0. The molecule has 0 saturated carbocycles. The van der Waals surface area contributed by atoms with E-state index >= 15 is 0 Å². The lowest BCUT2D eigenvalue weighted by Gasteiger charge is -2.25. The number of benzene rings is 1. The van der Waals surface area contributed by atoms with Gasteiger partial charge in [0, 0.05) is 37.7 Å². The second-order valence-electron chi connectivity index (χ2n) is 6.56. The molecule has 0 unspecified atom stereocenters. The van der Waals surface area contributed by atoms with E-state index in [0.29, 0.717) is 26.1 Å². The van der Waals surface area contributed by atoms with E-state index in [0.717, 1.165) is 37.1 Å². The number of methoxy groups -OCH3 is 1. The van der Waals surface area contributed by atoms with Crippen LogP contribution in [-0.4, -0.2) is 54.9 Å². The van der Waals surface area contributed by atoms with E-state index in [9.17, 15) is 9.59 Å².